The monoisotopic (exact) mass is 515 g/mol. The molecule has 9 heteroatoms. The fraction of sp³-hybridized carbons (Fsp3) is 0.0455. The fourth-order valence-corrected chi connectivity index (χ4v) is 4.59. The summed E-state index contributed by atoms with van der Waals surface area (Å²) in [4.78, 5) is 16.4. The van der Waals surface area contributed by atoms with Gasteiger partial charge in [-0.3, -0.25) is 9.78 Å². The van der Waals surface area contributed by atoms with Crippen molar-refractivity contribution in [3.05, 3.63) is 82.0 Å². The highest BCUT2D eigenvalue weighted by Crippen LogP contribution is 2.37. The maximum atomic E-state index is 14.6. The van der Waals surface area contributed by atoms with Crippen molar-refractivity contribution in [2.24, 2.45) is 0 Å². The standard InChI is InChI=1S/C22H15BrFN3O2S2/c23-19-12-16-21(31-19)18(8-9-25-16)29-17-7-6-14(11-15(17)24)26-22(30)27-20(28)10-13-4-2-1-3-5-13/h1-9,11-12H,10H2,(H2,26,27,28,30). The van der Waals surface area contributed by atoms with Gasteiger partial charge < -0.3 is 15.4 Å². The summed E-state index contributed by atoms with van der Waals surface area (Å²) in [5.74, 6) is -0.234. The number of hydrogen-bond donors (Lipinski definition) is 2. The molecule has 0 aliphatic rings. The molecule has 0 spiro atoms. The van der Waals surface area contributed by atoms with E-state index in [1.807, 2.05) is 36.4 Å². The van der Waals surface area contributed by atoms with E-state index in [1.165, 1.54) is 23.5 Å². The Labute approximate surface area is 195 Å². The van der Waals surface area contributed by atoms with E-state index in [0.29, 0.717) is 11.4 Å². The number of carbonyl (C=O) groups excluding carboxylic acids is 1. The van der Waals surface area contributed by atoms with Crippen molar-refractivity contribution < 1.29 is 13.9 Å². The van der Waals surface area contributed by atoms with Crippen molar-refractivity contribution in [2.75, 3.05) is 5.32 Å². The van der Waals surface area contributed by atoms with Gasteiger partial charge >= 0.3 is 0 Å². The van der Waals surface area contributed by atoms with Crippen LogP contribution in [0.5, 0.6) is 11.5 Å². The number of nitrogens with zero attached hydrogens (tertiary/aromatic N) is 1. The SMILES string of the molecule is O=C(Cc1ccccc1)NC(=S)Nc1ccc(Oc2ccnc3cc(Br)sc23)c(F)c1. The van der Waals surface area contributed by atoms with Gasteiger partial charge in [0.1, 0.15) is 5.75 Å². The molecule has 0 fully saturated rings. The number of thiocarbonyl (C=S) groups is 1. The highest BCUT2D eigenvalue weighted by Gasteiger charge is 2.12. The Morgan fingerprint density at radius 2 is 1.94 bits per heavy atom. The Kier molecular flexibility index (Phi) is 6.55. The van der Waals surface area contributed by atoms with Crippen LogP contribution >= 0.6 is 39.5 Å². The number of nitrogens with one attached hydrogen (secondary N) is 2. The second kappa shape index (κ2) is 9.51. The van der Waals surface area contributed by atoms with E-state index in [-0.39, 0.29) is 23.2 Å². The Hall–Kier alpha value is -2.88. The zero-order valence-electron chi connectivity index (χ0n) is 15.9. The maximum Gasteiger partial charge on any atom is 0.230 e. The number of pyridine rings is 1. The lowest BCUT2D eigenvalue weighted by atomic mass is 10.1. The smallest absolute Gasteiger partial charge is 0.230 e. The lowest BCUT2D eigenvalue weighted by Crippen LogP contribution is -2.35. The Morgan fingerprint density at radius 1 is 1.13 bits per heavy atom. The number of rotatable bonds is 5. The summed E-state index contributed by atoms with van der Waals surface area (Å²) in [7, 11) is 0. The number of carbonyl (C=O) groups is 1. The number of halogens is 2. The van der Waals surface area contributed by atoms with E-state index >= 15 is 0 Å². The predicted molar refractivity (Wildman–Crippen MR) is 128 cm³/mol. The average Bonchev–Trinajstić information content (AvgIpc) is 3.11. The minimum Gasteiger partial charge on any atom is -0.453 e. The van der Waals surface area contributed by atoms with Crippen LogP contribution in [0, 0.1) is 5.82 Å². The molecule has 0 aliphatic carbocycles. The molecule has 1 amide bonds. The zero-order valence-corrected chi connectivity index (χ0v) is 19.1. The van der Waals surface area contributed by atoms with Crippen LogP contribution in [0.15, 0.2) is 70.6 Å². The molecule has 0 aliphatic heterocycles. The van der Waals surface area contributed by atoms with Gasteiger partial charge in [-0.25, -0.2) is 4.39 Å². The third kappa shape index (κ3) is 5.43. The highest BCUT2D eigenvalue weighted by molar-refractivity contribution is 9.11. The third-order valence-electron chi connectivity index (χ3n) is 4.22. The largest absolute Gasteiger partial charge is 0.453 e. The normalized spacial score (nSPS) is 10.6. The van der Waals surface area contributed by atoms with Gasteiger partial charge in [-0.1, -0.05) is 30.3 Å². The van der Waals surface area contributed by atoms with Crippen molar-refractivity contribution in [1.29, 1.82) is 0 Å². The van der Waals surface area contributed by atoms with Crippen LogP contribution in [0.3, 0.4) is 0 Å². The summed E-state index contributed by atoms with van der Waals surface area (Å²) in [5.41, 5.74) is 2.04. The van der Waals surface area contributed by atoms with Gasteiger partial charge in [0.15, 0.2) is 16.7 Å². The van der Waals surface area contributed by atoms with Gasteiger partial charge in [0.25, 0.3) is 0 Å². The topological polar surface area (TPSA) is 63.2 Å². The number of hydrogen-bond acceptors (Lipinski definition) is 5. The van der Waals surface area contributed by atoms with E-state index in [4.69, 9.17) is 17.0 Å². The molecule has 2 aromatic carbocycles. The van der Waals surface area contributed by atoms with E-state index < -0.39 is 5.82 Å². The van der Waals surface area contributed by atoms with Crippen molar-refractivity contribution in [3.8, 4) is 11.5 Å². The molecule has 5 nitrogen and oxygen atoms in total. The van der Waals surface area contributed by atoms with E-state index in [2.05, 4.69) is 31.5 Å². The van der Waals surface area contributed by atoms with Gasteiger partial charge in [0.05, 0.1) is 20.4 Å². The van der Waals surface area contributed by atoms with Crippen molar-refractivity contribution in [2.45, 2.75) is 6.42 Å². The number of amides is 1. The molecular formula is C22H15BrFN3O2S2. The molecule has 4 aromatic rings. The van der Waals surface area contributed by atoms with Crippen LogP contribution in [-0.4, -0.2) is 16.0 Å². The second-order valence-electron chi connectivity index (χ2n) is 6.49. The summed E-state index contributed by atoms with van der Waals surface area (Å²) in [6.45, 7) is 0. The van der Waals surface area contributed by atoms with Gasteiger partial charge in [-0.05, 0) is 51.9 Å². The first-order chi connectivity index (χ1) is 15.0. The first-order valence-corrected chi connectivity index (χ1v) is 11.2. The Balaban J connectivity index is 1.40. The Morgan fingerprint density at radius 3 is 2.71 bits per heavy atom. The van der Waals surface area contributed by atoms with Crippen molar-refractivity contribution in [3.63, 3.8) is 0 Å². The second-order valence-corrected chi connectivity index (χ2v) is 9.33. The predicted octanol–water partition coefficient (Wildman–Crippen LogP) is 6.05. The number of anilines is 1. The number of benzene rings is 2. The van der Waals surface area contributed by atoms with Crippen LogP contribution in [0.4, 0.5) is 10.1 Å². The summed E-state index contributed by atoms with van der Waals surface area (Å²) >= 11 is 10.0. The van der Waals surface area contributed by atoms with Gasteiger partial charge in [-0.2, -0.15) is 0 Å². The number of thiophene rings is 1. The van der Waals surface area contributed by atoms with Crippen LogP contribution in [0.25, 0.3) is 10.2 Å². The van der Waals surface area contributed by atoms with Crippen LogP contribution < -0.4 is 15.4 Å². The Bertz CT molecular complexity index is 1260. The minimum atomic E-state index is -0.566. The molecular weight excluding hydrogens is 501 g/mol. The van der Waals surface area contributed by atoms with Gasteiger partial charge in [0.2, 0.25) is 5.91 Å². The molecule has 156 valence electrons. The van der Waals surface area contributed by atoms with Crippen LogP contribution in [0.1, 0.15) is 5.56 Å². The third-order valence-corrected chi connectivity index (χ3v) is 6.06. The number of ether oxygens (including phenoxy) is 1. The molecule has 0 bridgehead atoms. The molecule has 2 N–H and O–H groups in total. The first kappa shape index (κ1) is 21.4. The maximum absolute atomic E-state index is 14.6. The molecule has 4 rings (SSSR count). The molecule has 0 saturated carbocycles. The molecule has 0 radical (unpaired) electrons. The van der Waals surface area contributed by atoms with Crippen molar-refractivity contribution >= 4 is 66.4 Å². The quantitative estimate of drug-likeness (QED) is 0.317. The number of aromatic nitrogens is 1. The lowest BCUT2D eigenvalue weighted by Gasteiger charge is -2.12. The van der Waals surface area contributed by atoms with Crippen molar-refractivity contribution in [1.82, 2.24) is 10.3 Å². The molecule has 2 heterocycles. The summed E-state index contributed by atoms with van der Waals surface area (Å²) < 4.78 is 22.1. The minimum absolute atomic E-state index is 0.0709. The lowest BCUT2D eigenvalue weighted by molar-refractivity contribution is -0.119. The summed E-state index contributed by atoms with van der Waals surface area (Å²) in [6.07, 6.45) is 1.81. The van der Waals surface area contributed by atoms with E-state index in [0.717, 1.165) is 19.6 Å². The van der Waals surface area contributed by atoms with Crippen LogP contribution in [0.2, 0.25) is 0 Å². The van der Waals surface area contributed by atoms with Gasteiger partial charge in [0, 0.05) is 24.0 Å². The van der Waals surface area contributed by atoms with E-state index in [1.54, 1.807) is 18.3 Å². The summed E-state index contributed by atoms with van der Waals surface area (Å²) in [6, 6.07) is 17.3. The average molecular weight is 516 g/mol. The van der Waals surface area contributed by atoms with Crippen LogP contribution in [-0.2, 0) is 11.2 Å². The molecule has 0 atom stereocenters. The molecule has 31 heavy (non-hydrogen) atoms. The molecule has 0 unspecified atom stereocenters. The zero-order chi connectivity index (χ0) is 21.8. The fourth-order valence-electron chi connectivity index (χ4n) is 2.86. The molecule has 0 saturated heterocycles. The van der Waals surface area contributed by atoms with Gasteiger partial charge in [-0.15, -0.1) is 11.3 Å². The molecule has 2 aromatic heterocycles. The van der Waals surface area contributed by atoms with E-state index in [9.17, 15) is 9.18 Å². The summed E-state index contributed by atoms with van der Waals surface area (Å²) in [5, 5.41) is 5.50. The number of fused-ring (bicyclic) bond motifs is 1. The highest BCUT2D eigenvalue weighted by atomic mass is 79.9. The first-order valence-electron chi connectivity index (χ1n) is 9.14.